The maximum Gasteiger partial charge on any atom is 0.234 e. The molecule has 0 aliphatic rings. The van der Waals surface area contributed by atoms with Crippen molar-refractivity contribution in [2.75, 3.05) is 11.1 Å². The molecule has 164 valence electrons. The SMILES string of the molecule is CCn1c(COc2ccc(C(C)(C)C)cc2)nnc1SCC(=O)Nc1ccccc1F. The predicted molar refractivity (Wildman–Crippen MR) is 121 cm³/mol. The fourth-order valence-electron chi connectivity index (χ4n) is 2.93. The Bertz CT molecular complexity index is 1030. The first-order chi connectivity index (χ1) is 14.8. The third-order valence-corrected chi connectivity index (χ3v) is 5.65. The summed E-state index contributed by atoms with van der Waals surface area (Å²) in [5.74, 6) is 0.767. The third-order valence-electron chi connectivity index (χ3n) is 4.68. The van der Waals surface area contributed by atoms with Crippen LogP contribution in [0.2, 0.25) is 0 Å². The molecule has 1 heterocycles. The molecular weight excluding hydrogens is 415 g/mol. The van der Waals surface area contributed by atoms with Gasteiger partial charge in [0.2, 0.25) is 5.91 Å². The molecule has 1 amide bonds. The zero-order valence-corrected chi connectivity index (χ0v) is 19.0. The van der Waals surface area contributed by atoms with Crippen LogP contribution in [0.5, 0.6) is 5.75 Å². The number of rotatable bonds is 8. The Morgan fingerprint density at radius 1 is 1.13 bits per heavy atom. The molecule has 0 aliphatic heterocycles. The molecule has 1 aromatic heterocycles. The summed E-state index contributed by atoms with van der Waals surface area (Å²) < 4.78 is 21.5. The number of anilines is 1. The minimum Gasteiger partial charge on any atom is -0.486 e. The van der Waals surface area contributed by atoms with Crippen LogP contribution in [0.25, 0.3) is 0 Å². The van der Waals surface area contributed by atoms with Crippen LogP contribution >= 0.6 is 11.8 Å². The molecule has 8 heteroatoms. The average Bonchev–Trinajstić information content (AvgIpc) is 3.14. The minimum atomic E-state index is -0.465. The molecule has 0 spiro atoms. The Kier molecular flexibility index (Phi) is 7.33. The van der Waals surface area contributed by atoms with E-state index in [2.05, 4.69) is 48.4 Å². The molecule has 0 aliphatic carbocycles. The summed E-state index contributed by atoms with van der Waals surface area (Å²) >= 11 is 1.25. The molecule has 0 fully saturated rings. The number of ether oxygens (including phenoxy) is 1. The third kappa shape index (κ3) is 6.07. The van der Waals surface area contributed by atoms with E-state index in [1.807, 2.05) is 23.6 Å². The van der Waals surface area contributed by atoms with E-state index in [4.69, 9.17) is 4.74 Å². The lowest BCUT2D eigenvalue weighted by atomic mass is 9.87. The fourth-order valence-corrected chi connectivity index (χ4v) is 3.75. The molecule has 31 heavy (non-hydrogen) atoms. The molecule has 2 aromatic carbocycles. The number of halogens is 1. The number of benzene rings is 2. The summed E-state index contributed by atoms with van der Waals surface area (Å²) in [4.78, 5) is 12.2. The molecule has 3 aromatic rings. The Hall–Kier alpha value is -2.87. The van der Waals surface area contributed by atoms with Crippen molar-refractivity contribution < 1.29 is 13.9 Å². The van der Waals surface area contributed by atoms with E-state index in [-0.39, 0.29) is 29.4 Å². The van der Waals surface area contributed by atoms with Gasteiger partial charge in [0.05, 0.1) is 11.4 Å². The van der Waals surface area contributed by atoms with Gasteiger partial charge in [0.15, 0.2) is 11.0 Å². The fraction of sp³-hybridized carbons (Fsp3) is 0.348. The van der Waals surface area contributed by atoms with Crippen LogP contribution in [-0.2, 0) is 23.4 Å². The Balaban J connectivity index is 1.57. The van der Waals surface area contributed by atoms with Gasteiger partial charge in [-0.15, -0.1) is 10.2 Å². The molecule has 1 N–H and O–H groups in total. The first kappa shape index (κ1) is 22.8. The number of carbonyl (C=O) groups is 1. The van der Waals surface area contributed by atoms with E-state index in [1.54, 1.807) is 12.1 Å². The lowest BCUT2D eigenvalue weighted by Gasteiger charge is -2.19. The number of para-hydroxylation sites is 1. The van der Waals surface area contributed by atoms with Crippen LogP contribution < -0.4 is 10.1 Å². The van der Waals surface area contributed by atoms with E-state index in [1.165, 1.54) is 29.5 Å². The average molecular weight is 443 g/mol. The van der Waals surface area contributed by atoms with E-state index in [9.17, 15) is 9.18 Å². The van der Waals surface area contributed by atoms with Crippen molar-refractivity contribution in [1.82, 2.24) is 14.8 Å². The quantitative estimate of drug-likeness (QED) is 0.495. The van der Waals surface area contributed by atoms with E-state index in [0.717, 1.165) is 5.75 Å². The number of carbonyl (C=O) groups excluding carboxylic acids is 1. The number of amides is 1. The zero-order valence-electron chi connectivity index (χ0n) is 18.2. The largest absolute Gasteiger partial charge is 0.486 e. The van der Waals surface area contributed by atoms with Gasteiger partial charge in [-0.2, -0.15) is 0 Å². The summed E-state index contributed by atoms with van der Waals surface area (Å²) in [6, 6.07) is 14.1. The molecule has 3 rings (SSSR count). The van der Waals surface area contributed by atoms with Gasteiger partial charge >= 0.3 is 0 Å². The highest BCUT2D eigenvalue weighted by atomic mass is 32.2. The molecule has 0 saturated carbocycles. The minimum absolute atomic E-state index is 0.0889. The highest BCUT2D eigenvalue weighted by Crippen LogP contribution is 2.25. The summed E-state index contributed by atoms with van der Waals surface area (Å²) in [5, 5.41) is 11.6. The highest BCUT2D eigenvalue weighted by Gasteiger charge is 2.16. The number of hydrogen-bond acceptors (Lipinski definition) is 5. The molecule has 0 atom stereocenters. The van der Waals surface area contributed by atoms with Gasteiger partial charge in [-0.3, -0.25) is 4.79 Å². The molecule has 6 nitrogen and oxygen atoms in total. The first-order valence-electron chi connectivity index (χ1n) is 10.1. The van der Waals surface area contributed by atoms with E-state index in [0.29, 0.717) is 17.5 Å². The van der Waals surface area contributed by atoms with Crippen LogP contribution in [0.1, 0.15) is 39.1 Å². The van der Waals surface area contributed by atoms with Crippen molar-refractivity contribution in [2.24, 2.45) is 0 Å². The second-order valence-electron chi connectivity index (χ2n) is 8.02. The summed E-state index contributed by atoms with van der Waals surface area (Å²) in [6.07, 6.45) is 0. The maximum atomic E-state index is 13.7. The number of nitrogens with zero attached hydrogens (tertiary/aromatic N) is 3. The van der Waals surface area contributed by atoms with Crippen molar-refractivity contribution in [1.29, 1.82) is 0 Å². The smallest absolute Gasteiger partial charge is 0.234 e. The lowest BCUT2D eigenvalue weighted by molar-refractivity contribution is -0.113. The van der Waals surface area contributed by atoms with Crippen molar-refractivity contribution in [3.63, 3.8) is 0 Å². The van der Waals surface area contributed by atoms with Gasteiger partial charge < -0.3 is 14.6 Å². The van der Waals surface area contributed by atoms with Gasteiger partial charge in [0, 0.05) is 6.54 Å². The Morgan fingerprint density at radius 3 is 2.48 bits per heavy atom. The van der Waals surface area contributed by atoms with Crippen LogP contribution in [0.4, 0.5) is 10.1 Å². The molecule has 0 unspecified atom stereocenters. The van der Waals surface area contributed by atoms with E-state index >= 15 is 0 Å². The van der Waals surface area contributed by atoms with Crippen molar-refractivity contribution >= 4 is 23.4 Å². The van der Waals surface area contributed by atoms with Crippen molar-refractivity contribution in [3.8, 4) is 5.75 Å². The lowest BCUT2D eigenvalue weighted by Crippen LogP contribution is -2.15. The van der Waals surface area contributed by atoms with Gasteiger partial charge in [-0.1, -0.05) is 56.8 Å². The molecule has 0 bridgehead atoms. The standard InChI is InChI=1S/C23H27FN4O2S/c1-5-28-20(14-30-17-12-10-16(11-13-17)23(2,3)4)26-27-22(28)31-15-21(29)25-19-9-7-6-8-18(19)24/h6-13H,5,14-15H2,1-4H3,(H,25,29). The Morgan fingerprint density at radius 2 is 1.84 bits per heavy atom. The van der Waals surface area contributed by atoms with Gasteiger partial charge in [-0.05, 0) is 42.2 Å². The number of thioether (sulfide) groups is 1. The van der Waals surface area contributed by atoms with E-state index < -0.39 is 5.82 Å². The number of hydrogen-bond donors (Lipinski definition) is 1. The maximum absolute atomic E-state index is 13.7. The summed E-state index contributed by atoms with van der Waals surface area (Å²) in [6.45, 7) is 9.41. The van der Waals surface area contributed by atoms with Crippen molar-refractivity contribution in [3.05, 3.63) is 65.7 Å². The summed E-state index contributed by atoms with van der Waals surface area (Å²) in [5.41, 5.74) is 1.49. The molecule has 0 saturated heterocycles. The van der Waals surface area contributed by atoms with Gasteiger partial charge in [0.25, 0.3) is 0 Å². The van der Waals surface area contributed by atoms with Gasteiger partial charge in [0.1, 0.15) is 18.2 Å². The highest BCUT2D eigenvalue weighted by molar-refractivity contribution is 7.99. The second-order valence-corrected chi connectivity index (χ2v) is 8.97. The van der Waals surface area contributed by atoms with Crippen LogP contribution in [-0.4, -0.2) is 26.4 Å². The summed E-state index contributed by atoms with van der Waals surface area (Å²) in [7, 11) is 0. The monoisotopic (exact) mass is 442 g/mol. The topological polar surface area (TPSA) is 69.0 Å². The second kappa shape index (κ2) is 9.96. The number of nitrogens with one attached hydrogen (secondary N) is 1. The van der Waals surface area contributed by atoms with Crippen molar-refractivity contribution in [2.45, 2.75) is 51.4 Å². The zero-order chi connectivity index (χ0) is 22.4. The normalized spacial score (nSPS) is 11.4. The Labute approximate surface area is 186 Å². The van der Waals surface area contributed by atoms with Gasteiger partial charge in [-0.25, -0.2) is 4.39 Å². The molecule has 0 radical (unpaired) electrons. The van der Waals surface area contributed by atoms with Crippen LogP contribution in [0.3, 0.4) is 0 Å². The van der Waals surface area contributed by atoms with Crippen LogP contribution in [0, 0.1) is 5.82 Å². The first-order valence-corrected chi connectivity index (χ1v) is 11.1. The predicted octanol–water partition coefficient (Wildman–Crippen LogP) is 5.04. The number of aromatic nitrogens is 3. The molecular formula is C23H27FN4O2S. The van der Waals surface area contributed by atoms with Crippen LogP contribution in [0.15, 0.2) is 53.7 Å².